The van der Waals surface area contributed by atoms with E-state index in [1.807, 2.05) is 0 Å². The Balaban J connectivity index is 1.76. The van der Waals surface area contributed by atoms with E-state index in [9.17, 15) is 13.6 Å². The molecule has 1 fully saturated rings. The third-order valence-electron chi connectivity index (χ3n) is 3.20. The molecule has 1 aliphatic heterocycles. The molecule has 0 radical (unpaired) electrons. The summed E-state index contributed by atoms with van der Waals surface area (Å²) in [6.45, 7) is -1.88. The highest BCUT2D eigenvalue weighted by Gasteiger charge is 2.15. The second-order valence-electron chi connectivity index (χ2n) is 4.90. The first-order valence-corrected chi connectivity index (χ1v) is 7.15. The molecule has 22 heavy (non-hydrogen) atoms. The molecule has 0 spiro atoms. The van der Waals surface area contributed by atoms with E-state index in [2.05, 4.69) is 4.74 Å². The van der Waals surface area contributed by atoms with Crippen LogP contribution in [0, 0.1) is 0 Å². The Labute approximate surface area is 127 Å². The predicted molar refractivity (Wildman–Crippen MR) is 76.7 cm³/mol. The summed E-state index contributed by atoms with van der Waals surface area (Å²) in [5, 5.41) is 0. The summed E-state index contributed by atoms with van der Waals surface area (Å²) in [5.74, 6) is -0.383. The van der Waals surface area contributed by atoms with Crippen LogP contribution < -0.4 is 4.74 Å². The standard InChI is InChI=1S/C16H18F2O4/c17-16(18)22-13-7-4-12(5-8-13)6-9-15(19)21-11-14-3-1-2-10-20-14/h4-9,14,16H,1-3,10-11H2. The highest BCUT2D eigenvalue weighted by Crippen LogP contribution is 2.16. The van der Waals surface area contributed by atoms with Crippen LogP contribution in [-0.4, -0.2) is 31.9 Å². The van der Waals surface area contributed by atoms with Crippen LogP contribution in [0.5, 0.6) is 5.75 Å². The molecule has 0 aromatic heterocycles. The highest BCUT2D eigenvalue weighted by atomic mass is 19.3. The van der Waals surface area contributed by atoms with E-state index in [0.717, 1.165) is 19.3 Å². The minimum absolute atomic E-state index is 0.0168. The number of alkyl halides is 2. The first-order chi connectivity index (χ1) is 10.6. The van der Waals surface area contributed by atoms with Crippen molar-refractivity contribution in [3.63, 3.8) is 0 Å². The SMILES string of the molecule is O=C(C=Cc1ccc(OC(F)F)cc1)OCC1CCCCO1. The van der Waals surface area contributed by atoms with Crippen LogP contribution >= 0.6 is 0 Å². The molecule has 120 valence electrons. The Hall–Kier alpha value is -1.95. The third kappa shape index (κ3) is 5.81. The lowest BCUT2D eigenvalue weighted by molar-refractivity contribution is -0.143. The molecule has 1 heterocycles. The zero-order valence-electron chi connectivity index (χ0n) is 12.0. The minimum Gasteiger partial charge on any atom is -0.460 e. The molecular weight excluding hydrogens is 294 g/mol. The number of benzene rings is 1. The van der Waals surface area contributed by atoms with E-state index in [1.165, 1.54) is 18.2 Å². The van der Waals surface area contributed by atoms with Crippen LogP contribution in [0.1, 0.15) is 24.8 Å². The lowest BCUT2D eigenvalue weighted by Crippen LogP contribution is -2.25. The number of carbonyl (C=O) groups is 1. The first kappa shape index (κ1) is 16.4. The predicted octanol–water partition coefficient (Wildman–Crippen LogP) is 3.41. The van der Waals surface area contributed by atoms with Crippen molar-refractivity contribution in [2.45, 2.75) is 32.0 Å². The molecule has 6 heteroatoms. The molecule has 0 saturated carbocycles. The summed E-state index contributed by atoms with van der Waals surface area (Å²) in [5.41, 5.74) is 0.687. The van der Waals surface area contributed by atoms with Gasteiger partial charge < -0.3 is 14.2 Å². The van der Waals surface area contributed by atoms with Crippen molar-refractivity contribution in [2.75, 3.05) is 13.2 Å². The van der Waals surface area contributed by atoms with E-state index in [1.54, 1.807) is 18.2 Å². The fourth-order valence-corrected chi connectivity index (χ4v) is 2.09. The van der Waals surface area contributed by atoms with Gasteiger partial charge in [0.25, 0.3) is 0 Å². The van der Waals surface area contributed by atoms with E-state index >= 15 is 0 Å². The van der Waals surface area contributed by atoms with Gasteiger partial charge in [-0.05, 0) is 43.0 Å². The summed E-state index contributed by atoms with van der Waals surface area (Å²) in [7, 11) is 0. The summed E-state index contributed by atoms with van der Waals surface area (Å²) in [6, 6.07) is 5.97. The average Bonchev–Trinajstić information content (AvgIpc) is 2.53. The van der Waals surface area contributed by atoms with E-state index in [4.69, 9.17) is 9.47 Å². The van der Waals surface area contributed by atoms with Crippen molar-refractivity contribution in [3.8, 4) is 5.75 Å². The van der Waals surface area contributed by atoms with Crippen molar-refractivity contribution < 1.29 is 27.8 Å². The molecule has 1 atom stereocenters. The Bertz CT molecular complexity index is 493. The maximum atomic E-state index is 12.0. The number of ether oxygens (including phenoxy) is 3. The molecule has 1 unspecified atom stereocenters. The van der Waals surface area contributed by atoms with Gasteiger partial charge in [0, 0.05) is 12.7 Å². The van der Waals surface area contributed by atoms with Gasteiger partial charge in [-0.15, -0.1) is 0 Å². The zero-order valence-corrected chi connectivity index (χ0v) is 12.0. The number of halogens is 2. The van der Waals surface area contributed by atoms with Gasteiger partial charge in [-0.3, -0.25) is 0 Å². The number of hydrogen-bond donors (Lipinski definition) is 0. The topological polar surface area (TPSA) is 44.8 Å². The van der Waals surface area contributed by atoms with Gasteiger partial charge in [0.15, 0.2) is 0 Å². The Morgan fingerprint density at radius 1 is 1.32 bits per heavy atom. The molecule has 2 rings (SSSR count). The minimum atomic E-state index is -2.85. The van der Waals surface area contributed by atoms with Crippen LogP contribution in [0.3, 0.4) is 0 Å². The lowest BCUT2D eigenvalue weighted by Gasteiger charge is -2.21. The largest absolute Gasteiger partial charge is 0.460 e. The maximum Gasteiger partial charge on any atom is 0.387 e. The zero-order chi connectivity index (χ0) is 15.8. The maximum absolute atomic E-state index is 12.0. The first-order valence-electron chi connectivity index (χ1n) is 7.15. The molecule has 1 aliphatic rings. The summed E-state index contributed by atoms with van der Waals surface area (Å²) in [4.78, 5) is 11.6. The molecule has 0 aliphatic carbocycles. The molecule has 0 bridgehead atoms. The van der Waals surface area contributed by atoms with E-state index in [0.29, 0.717) is 12.2 Å². The van der Waals surface area contributed by atoms with Gasteiger partial charge in [0.1, 0.15) is 12.4 Å². The second-order valence-corrected chi connectivity index (χ2v) is 4.90. The number of esters is 1. The summed E-state index contributed by atoms with van der Waals surface area (Å²) in [6.07, 6.45) is 5.88. The normalized spacial score (nSPS) is 18.6. The van der Waals surface area contributed by atoms with Crippen LogP contribution in [0.2, 0.25) is 0 Å². The van der Waals surface area contributed by atoms with Crippen molar-refractivity contribution in [2.24, 2.45) is 0 Å². The number of hydrogen-bond acceptors (Lipinski definition) is 4. The quantitative estimate of drug-likeness (QED) is 0.596. The highest BCUT2D eigenvalue weighted by molar-refractivity contribution is 5.87. The molecular formula is C16H18F2O4. The number of carbonyl (C=O) groups excluding carboxylic acids is 1. The molecule has 1 saturated heterocycles. The van der Waals surface area contributed by atoms with Crippen molar-refractivity contribution in [1.29, 1.82) is 0 Å². The van der Waals surface area contributed by atoms with Crippen molar-refractivity contribution >= 4 is 12.0 Å². The fraction of sp³-hybridized carbons (Fsp3) is 0.438. The summed E-state index contributed by atoms with van der Waals surface area (Å²) < 4.78 is 38.8. The van der Waals surface area contributed by atoms with Gasteiger partial charge in [0.2, 0.25) is 0 Å². The Kier molecular flexibility index (Phi) is 6.33. The second kappa shape index (κ2) is 8.48. The van der Waals surface area contributed by atoms with Gasteiger partial charge in [-0.2, -0.15) is 8.78 Å². The van der Waals surface area contributed by atoms with Gasteiger partial charge in [-0.1, -0.05) is 12.1 Å². The van der Waals surface area contributed by atoms with Crippen LogP contribution in [0.4, 0.5) is 8.78 Å². The van der Waals surface area contributed by atoms with E-state index < -0.39 is 12.6 Å². The fourth-order valence-electron chi connectivity index (χ4n) is 2.09. The smallest absolute Gasteiger partial charge is 0.387 e. The van der Waals surface area contributed by atoms with E-state index in [-0.39, 0.29) is 18.5 Å². The average molecular weight is 312 g/mol. The lowest BCUT2D eigenvalue weighted by atomic mass is 10.1. The summed E-state index contributed by atoms with van der Waals surface area (Å²) >= 11 is 0. The molecule has 0 N–H and O–H groups in total. The van der Waals surface area contributed by atoms with Crippen molar-refractivity contribution in [3.05, 3.63) is 35.9 Å². The Morgan fingerprint density at radius 3 is 2.73 bits per heavy atom. The molecule has 1 aromatic rings. The Morgan fingerprint density at radius 2 is 2.09 bits per heavy atom. The van der Waals surface area contributed by atoms with Crippen LogP contribution in [-0.2, 0) is 14.3 Å². The third-order valence-corrected chi connectivity index (χ3v) is 3.20. The van der Waals surface area contributed by atoms with Gasteiger partial charge >= 0.3 is 12.6 Å². The van der Waals surface area contributed by atoms with Crippen LogP contribution in [0.25, 0.3) is 6.08 Å². The molecule has 0 amide bonds. The van der Waals surface area contributed by atoms with Gasteiger partial charge in [0.05, 0.1) is 6.10 Å². The monoisotopic (exact) mass is 312 g/mol. The van der Waals surface area contributed by atoms with Crippen LogP contribution in [0.15, 0.2) is 30.3 Å². The van der Waals surface area contributed by atoms with Crippen molar-refractivity contribution in [1.82, 2.24) is 0 Å². The molecule has 4 nitrogen and oxygen atoms in total. The van der Waals surface area contributed by atoms with Gasteiger partial charge in [-0.25, -0.2) is 4.79 Å². The molecule has 1 aromatic carbocycles. The number of rotatable bonds is 6.